The molecular formula is C17H20N2O3S2. The lowest BCUT2D eigenvalue weighted by Crippen LogP contribution is -2.46. The van der Waals surface area contributed by atoms with Gasteiger partial charge in [0.2, 0.25) is 15.9 Å². The Morgan fingerprint density at radius 2 is 2.00 bits per heavy atom. The minimum absolute atomic E-state index is 0.205. The van der Waals surface area contributed by atoms with Gasteiger partial charge in [0.25, 0.3) is 0 Å². The van der Waals surface area contributed by atoms with E-state index < -0.39 is 16.1 Å². The number of sulfonamides is 1. The van der Waals surface area contributed by atoms with Gasteiger partial charge >= 0.3 is 0 Å². The smallest absolute Gasteiger partial charge is 0.243 e. The van der Waals surface area contributed by atoms with Gasteiger partial charge in [-0.3, -0.25) is 4.79 Å². The molecule has 0 saturated carbocycles. The highest BCUT2D eigenvalue weighted by atomic mass is 32.2. The Hall–Kier alpha value is -1.70. The second kappa shape index (κ2) is 7.46. The molecule has 2 heterocycles. The number of nitrogens with one attached hydrogen (secondary N) is 1. The molecule has 1 fully saturated rings. The fourth-order valence-corrected chi connectivity index (χ4v) is 5.29. The van der Waals surface area contributed by atoms with Crippen LogP contribution in [-0.4, -0.2) is 37.8 Å². The highest BCUT2D eigenvalue weighted by molar-refractivity contribution is 7.89. The van der Waals surface area contributed by atoms with Gasteiger partial charge in [-0.2, -0.15) is 4.31 Å². The van der Waals surface area contributed by atoms with E-state index >= 15 is 0 Å². The Bertz CT molecular complexity index is 773. The summed E-state index contributed by atoms with van der Waals surface area (Å²) in [6, 6.07) is 11.7. The van der Waals surface area contributed by atoms with Crippen molar-refractivity contribution in [2.45, 2.75) is 30.2 Å². The number of carbonyl (C=O) groups excluding carboxylic acids is 1. The van der Waals surface area contributed by atoms with Gasteiger partial charge in [0.1, 0.15) is 6.04 Å². The molecule has 1 aliphatic heterocycles. The maximum absolute atomic E-state index is 12.8. The minimum Gasteiger partial charge on any atom is -0.354 e. The molecular weight excluding hydrogens is 344 g/mol. The van der Waals surface area contributed by atoms with Crippen LogP contribution in [-0.2, 0) is 21.2 Å². The molecule has 0 radical (unpaired) electrons. The first kappa shape index (κ1) is 17.1. The first-order chi connectivity index (χ1) is 11.6. The fourth-order valence-electron chi connectivity index (χ4n) is 2.90. The number of hydrogen-bond donors (Lipinski definition) is 1. The lowest BCUT2D eigenvalue weighted by molar-refractivity contribution is -0.124. The van der Waals surface area contributed by atoms with Crippen LogP contribution >= 0.6 is 11.3 Å². The van der Waals surface area contributed by atoms with E-state index in [-0.39, 0.29) is 10.8 Å². The molecule has 1 aromatic heterocycles. The average Bonchev–Trinajstić information content (AvgIpc) is 3.27. The summed E-state index contributed by atoms with van der Waals surface area (Å²) < 4.78 is 26.9. The van der Waals surface area contributed by atoms with E-state index in [4.69, 9.17) is 0 Å². The normalized spacial score (nSPS) is 18.6. The molecule has 1 unspecified atom stereocenters. The molecule has 5 nitrogen and oxygen atoms in total. The Labute approximate surface area is 146 Å². The van der Waals surface area contributed by atoms with Crippen molar-refractivity contribution in [1.29, 1.82) is 0 Å². The monoisotopic (exact) mass is 364 g/mol. The van der Waals surface area contributed by atoms with Gasteiger partial charge in [-0.05, 0) is 42.8 Å². The van der Waals surface area contributed by atoms with Crippen LogP contribution in [0.1, 0.15) is 17.7 Å². The number of amides is 1. The lowest BCUT2D eigenvalue weighted by Gasteiger charge is -2.23. The Balaban J connectivity index is 1.65. The third-order valence-corrected chi connectivity index (χ3v) is 6.97. The predicted molar refractivity (Wildman–Crippen MR) is 94.4 cm³/mol. The van der Waals surface area contributed by atoms with Gasteiger partial charge in [-0.15, -0.1) is 11.3 Å². The van der Waals surface area contributed by atoms with Crippen molar-refractivity contribution in [3.05, 3.63) is 52.7 Å². The van der Waals surface area contributed by atoms with Crippen LogP contribution in [0.5, 0.6) is 0 Å². The Morgan fingerprint density at radius 1 is 1.21 bits per heavy atom. The standard InChI is InChI=1S/C17H20N2O3S2/c20-17(18-11-10-14-6-5-13-23-14)16-9-4-12-19(16)24(21,22)15-7-2-1-3-8-15/h1-3,5-8,13,16H,4,9-12H2,(H,18,20). The Kier molecular flexibility index (Phi) is 5.33. The molecule has 7 heteroatoms. The topological polar surface area (TPSA) is 66.5 Å². The first-order valence-electron chi connectivity index (χ1n) is 7.96. The quantitative estimate of drug-likeness (QED) is 0.855. The van der Waals surface area contributed by atoms with Crippen molar-refractivity contribution in [1.82, 2.24) is 9.62 Å². The molecule has 0 aliphatic carbocycles. The van der Waals surface area contributed by atoms with Crippen LogP contribution in [0.3, 0.4) is 0 Å². The SMILES string of the molecule is O=C(NCCc1cccs1)C1CCCN1S(=O)(=O)c1ccccc1. The zero-order valence-electron chi connectivity index (χ0n) is 13.2. The highest BCUT2D eigenvalue weighted by Gasteiger charge is 2.39. The zero-order chi connectivity index (χ0) is 17.0. The fraction of sp³-hybridized carbons (Fsp3) is 0.353. The summed E-state index contributed by atoms with van der Waals surface area (Å²) in [5.41, 5.74) is 0. The van der Waals surface area contributed by atoms with Crippen molar-refractivity contribution in [3.63, 3.8) is 0 Å². The van der Waals surface area contributed by atoms with E-state index in [1.807, 2.05) is 17.5 Å². The molecule has 1 saturated heterocycles. The van der Waals surface area contributed by atoms with Crippen molar-refractivity contribution in [2.75, 3.05) is 13.1 Å². The minimum atomic E-state index is -3.63. The second-order valence-electron chi connectivity index (χ2n) is 5.71. The highest BCUT2D eigenvalue weighted by Crippen LogP contribution is 2.26. The van der Waals surface area contributed by atoms with E-state index in [1.165, 1.54) is 9.18 Å². The number of nitrogens with zero attached hydrogens (tertiary/aromatic N) is 1. The van der Waals surface area contributed by atoms with Crippen LogP contribution < -0.4 is 5.32 Å². The maximum Gasteiger partial charge on any atom is 0.243 e. The maximum atomic E-state index is 12.8. The Morgan fingerprint density at radius 3 is 2.71 bits per heavy atom. The van der Waals surface area contributed by atoms with Gasteiger partial charge in [0, 0.05) is 18.0 Å². The molecule has 2 aromatic rings. The second-order valence-corrected chi connectivity index (χ2v) is 8.63. The summed E-state index contributed by atoms with van der Waals surface area (Å²) in [5.74, 6) is -0.205. The summed E-state index contributed by atoms with van der Waals surface area (Å²) >= 11 is 1.65. The third-order valence-electron chi connectivity index (χ3n) is 4.11. The van der Waals surface area contributed by atoms with Crippen molar-refractivity contribution in [3.8, 4) is 0 Å². The average molecular weight is 364 g/mol. The molecule has 1 amide bonds. The summed E-state index contributed by atoms with van der Waals surface area (Å²) in [7, 11) is -3.63. The number of thiophene rings is 1. The van der Waals surface area contributed by atoms with E-state index in [1.54, 1.807) is 41.7 Å². The van der Waals surface area contributed by atoms with Crippen molar-refractivity contribution in [2.24, 2.45) is 0 Å². The van der Waals surface area contributed by atoms with Gasteiger partial charge in [0.15, 0.2) is 0 Å². The molecule has 0 bridgehead atoms. The van der Waals surface area contributed by atoms with Crippen molar-refractivity contribution >= 4 is 27.3 Å². The number of carbonyl (C=O) groups is 1. The molecule has 3 rings (SSSR count). The van der Waals surface area contributed by atoms with Crippen LogP contribution in [0, 0.1) is 0 Å². The van der Waals surface area contributed by atoms with Gasteiger partial charge in [-0.1, -0.05) is 24.3 Å². The van der Waals surface area contributed by atoms with Crippen LogP contribution in [0.2, 0.25) is 0 Å². The molecule has 1 atom stereocenters. The molecule has 0 spiro atoms. The number of hydrogen-bond acceptors (Lipinski definition) is 4. The number of benzene rings is 1. The molecule has 1 aromatic carbocycles. The van der Waals surface area contributed by atoms with E-state index in [0.29, 0.717) is 25.9 Å². The van der Waals surface area contributed by atoms with E-state index in [0.717, 1.165) is 6.42 Å². The molecule has 24 heavy (non-hydrogen) atoms. The number of rotatable bonds is 6. The first-order valence-corrected chi connectivity index (χ1v) is 10.3. The van der Waals surface area contributed by atoms with Crippen LogP contribution in [0.15, 0.2) is 52.7 Å². The van der Waals surface area contributed by atoms with E-state index in [9.17, 15) is 13.2 Å². The van der Waals surface area contributed by atoms with Crippen LogP contribution in [0.25, 0.3) is 0 Å². The summed E-state index contributed by atoms with van der Waals surface area (Å²) in [6.07, 6.45) is 2.04. The lowest BCUT2D eigenvalue weighted by atomic mass is 10.2. The van der Waals surface area contributed by atoms with Gasteiger partial charge in [-0.25, -0.2) is 8.42 Å². The van der Waals surface area contributed by atoms with Crippen LogP contribution in [0.4, 0.5) is 0 Å². The zero-order valence-corrected chi connectivity index (χ0v) is 14.9. The van der Waals surface area contributed by atoms with E-state index in [2.05, 4.69) is 5.32 Å². The predicted octanol–water partition coefficient (Wildman–Crippen LogP) is 2.26. The third kappa shape index (κ3) is 3.68. The molecule has 1 N–H and O–H groups in total. The van der Waals surface area contributed by atoms with Gasteiger partial charge in [0.05, 0.1) is 4.90 Å². The van der Waals surface area contributed by atoms with Gasteiger partial charge < -0.3 is 5.32 Å². The summed E-state index contributed by atoms with van der Waals surface area (Å²) in [6.45, 7) is 0.912. The largest absolute Gasteiger partial charge is 0.354 e. The summed E-state index contributed by atoms with van der Waals surface area (Å²) in [4.78, 5) is 13.9. The van der Waals surface area contributed by atoms with Crippen molar-refractivity contribution < 1.29 is 13.2 Å². The molecule has 128 valence electrons. The summed E-state index contributed by atoms with van der Waals surface area (Å²) in [5, 5.41) is 4.88. The molecule has 1 aliphatic rings.